The summed E-state index contributed by atoms with van der Waals surface area (Å²) in [5.41, 5.74) is 0.989. The second kappa shape index (κ2) is 8.08. The monoisotopic (exact) mass is 365 g/mol. The van der Waals surface area contributed by atoms with E-state index >= 15 is 0 Å². The number of nitrogens with one attached hydrogen (secondary N) is 1. The molecule has 3 rings (SSSR count). The Bertz CT molecular complexity index is 1070. The summed E-state index contributed by atoms with van der Waals surface area (Å²) in [6.45, 7) is 1.98. The van der Waals surface area contributed by atoms with Crippen molar-refractivity contribution < 1.29 is 4.39 Å². The highest BCUT2D eigenvalue weighted by atomic mass is 19.1. The van der Waals surface area contributed by atoms with Gasteiger partial charge in [-0.15, -0.1) is 0 Å². The van der Waals surface area contributed by atoms with Gasteiger partial charge in [0.25, 0.3) is 5.56 Å². The predicted octanol–water partition coefficient (Wildman–Crippen LogP) is 2.05. The van der Waals surface area contributed by atoms with Crippen LogP contribution >= 0.6 is 0 Å². The molecule has 0 atom stereocenters. The largest absolute Gasteiger partial charge is 0.318 e. The maximum atomic E-state index is 13.8. The summed E-state index contributed by atoms with van der Waals surface area (Å²) in [6.07, 6.45) is 0. The van der Waals surface area contributed by atoms with Crippen LogP contribution in [0.1, 0.15) is 11.4 Å². The standard InChI is InChI=1S/C20H20FN5O/c1-23-8-9-25(2)13-19-24-18-7-6-14(12-22)10-17(18)20(27)26(19)16-5-3-4-15(21)11-16/h3-7,10-11,23H,8-9,13H2,1-2H3. The van der Waals surface area contributed by atoms with Crippen LogP contribution < -0.4 is 10.9 Å². The SMILES string of the molecule is CNCCN(C)Cc1nc2ccc(C#N)cc2c(=O)n1-c1cccc(F)c1. The second-order valence-electron chi connectivity index (χ2n) is 6.33. The Labute approximate surface area is 156 Å². The van der Waals surface area contributed by atoms with E-state index in [2.05, 4.69) is 10.3 Å². The van der Waals surface area contributed by atoms with Crippen LogP contribution in [0.15, 0.2) is 47.3 Å². The van der Waals surface area contributed by atoms with Gasteiger partial charge >= 0.3 is 0 Å². The summed E-state index contributed by atoms with van der Waals surface area (Å²) in [4.78, 5) is 19.9. The zero-order valence-electron chi connectivity index (χ0n) is 15.2. The summed E-state index contributed by atoms with van der Waals surface area (Å²) in [7, 11) is 3.81. The highest BCUT2D eigenvalue weighted by molar-refractivity contribution is 5.79. The summed E-state index contributed by atoms with van der Waals surface area (Å²) in [5, 5.41) is 12.5. The van der Waals surface area contributed by atoms with Crippen LogP contribution in [0, 0.1) is 17.1 Å². The fourth-order valence-electron chi connectivity index (χ4n) is 2.91. The molecule has 1 N–H and O–H groups in total. The number of hydrogen-bond acceptors (Lipinski definition) is 5. The zero-order valence-corrected chi connectivity index (χ0v) is 15.2. The lowest BCUT2D eigenvalue weighted by Gasteiger charge is -2.20. The van der Waals surface area contributed by atoms with Crippen molar-refractivity contribution in [1.82, 2.24) is 19.8 Å². The van der Waals surface area contributed by atoms with Crippen molar-refractivity contribution in [2.75, 3.05) is 27.2 Å². The molecule has 0 saturated heterocycles. The lowest BCUT2D eigenvalue weighted by atomic mass is 10.1. The molecule has 1 heterocycles. The molecule has 1 aromatic heterocycles. The average Bonchev–Trinajstić information content (AvgIpc) is 2.66. The normalized spacial score (nSPS) is 11.1. The number of benzene rings is 2. The van der Waals surface area contributed by atoms with Crippen LogP contribution in [0.2, 0.25) is 0 Å². The van der Waals surface area contributed by atoms with Crippen LogP contribution in [0.5, 0.6) is 0 Å². The summed E-state index contributed by atoms with van der Waals surface area (Å²) in [6, 6.07) is 12.7. The Morgan fingerprint density at radius 3 is 2.81 bits per heavy atom. The fraction of sp³-hybridized carbons (Fsp3) is 0.250. The lowest BCUT2D eigenvalue weighted by Crippen LogP contribution is -2.31. The number of hydrogen-bond donors (Lipinski definition) is 1. The molecule has 0 aliphatic heterocycles. The minimum atomic E-state index is -0.431. The summed E-state index contributed by atoms with van der Waals surface area (Å²) in [5.74, 6) is 0.0844. The van der Waals surface area contributed by atoms with Gasteiger partial charge in [0.1, 0.15) is 11.6 Å². The van der Waals surface area contributed by atoms with E-state index in [1.165, 1.54) is 22.8 Å². The molecule has 0 aliphatic carbocycles. The first-order chi connectivity index (χ1) is 13.0. The van der Waals surface area contributed by atoms with Crippen LogP contribution in [-0.2, 0) is 6.54 Å². The van der Waals surface area contributed by atoms with Crippen molar-refractivity contribution in [3.63, 3.8) is 0 Å². The van der Waals surface area contributed by atoms with Crippen molar-refractivity contribution in [3.8, 4) is 11.8 Å². The Balaban J connectivity index is 2.21. The molecule has 6 nitrogen and oxygen atoms in total. The average molecular weight is 365 g/mol. The lowest BCUT2D eigenvalue weighted by molar-refractivity contribution is 0.317. The van der Waals surface area contributed by atoms with Gasteiger partial charge in [0.15, 0.2) is 0 Å². The van der Waals surface area contributed by atoms with Gasteiger partial charge in [-0.2, -0.15) is 5.26 Å². The Kier molecular flexibility index (Phi) is 5.60. The van der Waals surface area contributed by atoms with Crippen molar-refractivity contribution in [1.29, 1.82) is 5.26 Å². The number of rotatable bonds is 6. The maximum absolute atomic E-state index is 13.8. The number of halogens is 1. The van der Waals surface area contributed by atoms with Crippen molar-refractivity contribution in [2.45, 2.75) is 6.54 Å². The van der Waals surface area contributed by atoms with E-state index < -0.39 is 5.82 Å². The summed E-state index contributed by atoms with van der Waals surface area (Å²) >= 11 is 0. The van der Waals surface area contributed by atoms with Gasteiger partial charge in [0, 0.05) is 13.1 Å². The first-order valence-electron chi connectivity index (χ1n) is 8.58. The van der Waals surface area contributed by atoms with Gasteiger partial charge in [-0.25, -0.2) is 9.37 Å². The topological polar surface area (TPSA) is 74.0 Å². The fourth-order valence-corrected chi connectivity index (χ4v) is 2.91. The van der Waals surface area contributed by atoms with E-state index in [4.69, 9.17) is 5.26 Å². The molecule has 27 heavy (non-hydrogen) atoms. The minimum Gasteiger partial charge on any atom is -0.318 e. The molecule has 0 saturated carbocycles. The van der Waals surface area contributed by atoms with Gasteiger partial charge in [-0.05, 0) is 50.5 Å². The first-order valence-corrected chi connectivity index (χ1v) is 8.58. The molecule has 3 aromatic rings. The van der Waals surface area contributed by atoms with E-state index in [1.807, 2.05) is 25.1 Å². The molecular formula is C20H20FN5O. The van der Waals surface area contributed by atoms with Crippen LogP contribution in [0.4, 0.5) is 4.39 Å². The molecule has 138 valence electrons. The third kappa shape index (κ3) is 4.03. The molecule has 0 aliphatic rings. The van der Waals surface area contributed by atoms with Gasteiger partial charge in [-0.3, -0.25) is 14.3 Å². The Morgan fingerprint density at radius 1 is 1.30 bits per heavy atom. The number of likely N-dealkylation sites (N-methyl/N-ethyl adjacent to an activating group) is 2. The summed E-state index contributed by atoms with van der Waals surface area (Å²) < 4.78 is 15.2. The smallest absolute Gasteiger partial charge is 0.266 e. The predicted molar refractivity (Wildman–Crippen MR) is 102 cm³/mol. The molecular weight excluding hydrogens is 345 g/mol. The van der Waals surface area contributed by atoms with Gasteiger partial charge < -0.3 is 5.32 Å². The molecule has 0 unspecified atom stereocenters. The van der Waals surface area contributed by atoms with E-state index in [-0.39, 0.29) is 5.56 Å². The van der Waals surface area contributed by atoms with Crippen LogP contribution in [-0.4, -0.2) is 41.6 Å². The Morgan fingerprint density at radius 2 is 2.11 bits per heavy atom. The molecule has 0 amide bonds. The van der Waals surface area contributed by atoms with Crippen molar-refractivity contribution >= 4 is 10.9 Å². The molecule has 2 aromatic carbocycles. The minimum absolute atomic E-state index is 0.320. The first kappa shape index (κ1) is 18.7. The highest BCUT2D eigenvalue weighted by Crippen LogP contribution is 2.16. The number of aromatic nitrogens is 2. The van der Waals surface area contributed by atoms with E-state index in [1.54, 1.807) is 24.3 Å². The number of nitrogens with zero attached hydrogens (tertiary/aromatic N) is 4. The number of nitriles is 1. The maximum Gasteiger partial charge on any atom is 0.266 e. The third-order valence-corrected chi connectivity index (χ3v) is 4.29. The molecule has 0 spiro atoms. The quantitative estimate of drug-likeness (QED) is 0.724. The molecule has 0 bridgehead atoms. The van der Waals surface area contributed by atoms with Crippen molar-refractivity contribution in [2.24, 2.45) is 0 Å². The van der Waals surface area contributed by atoms with Crippen molar-refractivity contribution in [3.05, 3.63) is 70.0 Å². The molecule has 0 radical (unpaired) electrons. The van der Waals surface area contributed by atoms with E-state index in [9.17, 15) is 9.18 Å². The van der Waals surface area contributed by atoms with Crippen LogP contribution in [0.25, 0.3) is 16.6 Å². The van der Waals surface area contributed by atoms with Gasteiger partial charge in [0.2, 0.25) is 0 Å². The van der Waals surface area contributed by atoms with E-state index in [0.717, 1.165) is 13.1 Å². The third-order valence-electron chi connectivity index (χ3n) is 4.29. The van der Waals surface area contributed by atoms with Gasteiger partial charge in [0.05, 0.1) is 34.8 Å². The van der Waals surface area contributed by atoms with Gasteiger partial charge in [-0.1, -0.05) is 6.07 Å². The molecule has 7 heteroatoms. The highest BCUT2D eigenvalue weighted by Gasteiger charge is 2.15. The Hall–Kier alpha value is -3.08. The molecule has 0 fully saturated rings. The number of fused-ring (bicyclic) bond motifs is 1. The second-order valence-corrected chi connectivity index (χ2v) is 6.33. The van der Waals surface area contributed by atoms with E-state index in [0.29, 0.717) is 34.5 Å². The van der Waals surface area contributed by atoms with Crippen LogP contribution in [0.3, 0.4) is 0 Å². The zero-order chi connectivity index (χ0) is 19.4.